The van der Waals surface area contributed by atoms with E-state index in [4.69, 9.17) is 0 Å². The molecule has 0 aliphatic carbocycles. The number of anilines is 4. The quantitative estimate of drug-likeness (QED) is 0.412. The van der Waals surface area contributed by atoms with Crippen LogP contribution < -0.4 is 20.9 Å². The fourth-order valence-electron chi connectivity index (χ4n) is 4.45. The van der Waals surface area contributed by atoms with E-state index in [1.807, 2.05) is 4.90 Å². The Morgan fingerprint density at radius 2 is 1.86 bits per heavy atom. The van der Waals surface area contributed by atoms with E-state index in [0.29, 0.717) is 19.0 Å². The van der Waals surface area contributed by atoms with Gasteiger partial charge >= 0.3 is 6.03 Å². The Morgan fingerprint density at radius 1 is 1.09 bits per heavy atom. The van der Waals surface area contributed by atoms with Crippen molar-refractivity contribution in [2.24, 2.45) is 0 Å². The number of piperazine rings is 1. The van der Waals surface area contributed by atoms with Gasteiger partial charge in [-0.25, -0.2) is 9.78 Å². The zero-order valence-corrected chi connectivity index (χ0v) is 22.4. The van der Waals surface area contributed by atoms with Crippen LogP contribution in [0.5, 0.6) is 0 Å². The maximum Gasteiger partial charge on any atom is 0.317 e. The Bertz CT molecular complexity index is 989. The molecule has 190 valence electrons. The molecule has 2 saturated heterocycles. The number of nitrogens with zero attached hydrogens (tertiary/aromatic N) is 5. The summed E-state index contributed by atoms with van der Waals surface area (Å²) in [7, 11) is 2.18. The van der Waals surface area contributed by atoms with Crippen molar-refractivity contribution in [3.05, 3.63) is 34.4 Å². The van der Waals surface area contributed by atoms with Gasteiger partial charge < -0.3 is 30.7 Å². The molecule has 0 saturated carbocycles. The lowest BCUT2D eigenvalue weighted by Gasteiger charge is -2.34. The summed E-state index contributed by atoms with van der Waals surface area (Å²) >= 11 is 3.54. The fraction of sp³-hybridized carbons (Fsp3) is 0.560. The number of rotatable bonds is 9. The minimum Gasteiger partial charge on any atom is -0.369 e. The van der Waals surface area contributed by atoms with Gasteiger partial charge in [-0.2, -0.15) is 4.98 Å². The van der Waals surface area contributed by atoms with Crippen molar-refractivity contribution < 1.29 is 4.79 Å². The Labute approximate surface area is 216 Å². The van der Waals surface area contributed by atoms with E-state index in [1.165, 1.54) is 11.3 Å². The number of benzene rings is 1. The first-order valence-electron chi connectivity index (χ1n) is 12.7. The van der Waals surface area contributed by atoms with Crippen molar-refractivity contribution in [3.8, 4) is 0 Å². The molecule has 2 aliphatic heterocycles. The highest BCUT2D eigenvalue weighted by atomic mass is 79.9. The molecule has 0 spiro atoms. The lowest BCUT2D eigenvalue weighted by Crippen LogP contribution is -2.44. The molecule has 2 aromatic rings. The monoisotopic (exact) mass is 544 g/mol. The number of likely N-dealkylation sites (tertiary alicyclic amines) is 1. The van der Waals surface area contributed by atoms with E-state index >= 15 is 0 Å². The van der Waals surface area contributed by atoms with E-state index in [9.17, 15) is 4.79 Å². The molecule has 0 bridgehead atoms. The molecule has 0 unspecified atom stereocenters. The van der Waals surface area contributed by atoms with E-state index in [1.54, 1.807) is 6.20 Å². The van der Waals surface area contributed by atoms with Crippen molar-refractivity contribution in [1.82, 2.24) is 25.1 Å². The van der Waals surface area contributed by atoms with Crippen molar-refractivity contribution >= 4 is 45.1 Å². The number of hydrogen-bond acceptors (Lipinski definition) is 7. The Hall–Kier alpha value is -2.59. The summed E-state index contributed by atoms with van der Waals surface area (Å²) in [5.74, 6) is 1.29. The Kier molecular flexibility index (Phi) is 9.03. The van der Waals surface area contributed by atoms with Gasteiger partial charge in [-0.05, 0) is 72.4 Å². The molecule has 3 heterocycles. The SMILES string of the molecule is CCc1cc(N2CCN(C)CC2)ccc1Nc1ncc(Br)c(NCCCNC(=O)N2CCCC2)n1. The summed E-state index contributed by atoms with van der Waals surface area (Å²) in [5.41, 5.74) is 3.55. The number of hydrogen-bond donors (Lipinski definition) is 3. The normalized spacial score (nSPS) is 16.4. The lowest BCUT2D eigenvalue weighted by atomic mass is 10.1. The van der Waals surface area contributed by atoms with Crippen LogP contribution in [-0.4, -0.2) is 85.2 Å². The third-order valence-corrected chi connectivity index (χ3v) is 7.22. The first kappa shape index (κ1) is 25.5. The Morgan fingerprint density at radius 3 is 2.60 bits per heavy atom. The van der Waals surface area contributed by atoms with Gasteiger partial charge in [0.15, 0.2) is 0 Å². The van der Waals surface area contributed by atoms with Crippen LogP contribution in [0.15, 0.2) is 28.9 Å². The summed E-state index contributed by atoms with van der Waals surface area (Å²) in [6, 6.07) is 6.64. The van der Waals surface area contributed by atoms with Gasteiger partial charge in [0.2, 0.25) is 5.95 Å². The van der Waals surface area contributed by atoms with E-state index in [-0.39, 0.29) is 6.03 Å². The highest BCUT2D eigenvalue weighted by molar-refractivity contribution is 9.10. The van der Waals surface area contributed by atoms with E-state index in [0.717, 1.165) is 80.9 Å². The first-order chi connectivity index (χ1) is 17.0. The summed E-state index contributed by atoms with van der Waals surface area (Å²) in [5, 5.41) is 9.75. The predicted octanol–water partition coefficient (Wildman–Crippen LogP) is 3.90. The lowest BCUT2D eigenvalue weighted by molar-refractivity contribution is 0.209. The average molecular weight is 546 g/mol. The molecule has 2 amide bonds. The van der Waals surface area contributed by atoms with Gasteiger partial charge in [0.25, 0.3) is 0 Å². The van der Waals surface area contributed by atoms with Crippen LogP contribution in [0, 0.1) is 0 Å². The largest absolute Gasteiger partial charge is 0.369 e. The third-order valence-electron chi connectivity index (χ3n) is 6.64. The molecule has 10 heteroatoms. The molecule has 9 nitrogen and oxygen atoms in total. The zero-order valence-electron chi connectivity index (χ0n) is 20.8. The highest BCUT2D eigenvalue weighted by Gasteiger charge is 2.17. The highest BCUT2D eigenvalue weighted by Crippen LogP contribution is 2.28. The number of aromatic nitrogens is 2. The maximum atomic E-state index is 12.1. The standard InChI is InChI=1S/C25H37BrN8O/c1-3-19-17-20(33-15-13-32(2)14-16-33)7-8-22(19)30-24-29-18-21(26)23(31-24)27-9-6-10-28-25(35)34-11-4-5-12-34/h7-8,17-18H,3-6,9-16H2,1-2H3,(H,28,35)(H2,27,29,30,31). The summed E-state index contributed by atoms with van der Waals surface area (Å²) in [6.45, 7) is 9.54. The van der Waals surface area contributed by atoms with Crippen LogP contribution in [0.25, 0.3) is 0 Å². The second-order valence-electron chi connectivity index (χ2n) is 9.21. The number of likely N-dealkylation sites (N-methyl/N-ethyl adjacent to an activating group) is 1. The Balaban J connectivity index is 1.31. The third kappa shape index (κ3) is 6.98. The molecule has 1 aromatic carbocycles. The molecule has 2 fully saturated rings. The number of halogens is 1. The number of carbonyl (C=O) groups excluding carboxylic acids is 1. The molecule has 0 radical (unpaired) electrons. The number of amides is 2. The van der Waals surface area contributed by atoms with Crippen molar-refractivity contribution in [1.29, 1.82) is 0 Å². The minimum atomic E-state index is 0.0440. The second kappa shape index (κ2) is 12.4. The van der Waals surface area contributed by atoms with E-state index in [2.05, 4.69) is 83.8 Å². The first-order valence-corrected chi connectivity index (χ1v) is 13.5. The zero-order chi connectivity index (χ0) is 24.6. The molecular formula is C25H37BrN8O. The molecule has 2 aliphatic rings. The maximum absolute atomic E-state index is 12.1. The average Bonchev–Trinajstić information content (AvgIpc) is 3.41. The van der Waals surface area contributed by atoms with Gasteiger partial charge in [-0.3, -0.25) is 0 Å². The van der Waals surface area contributed by atoms with Gasteiger partial charge in [0.05, 0.1) is 4.47 Å². The second-order valence-corrected chi connectivity index (χ2v) is 10.1. The van der Waals surface area contributed by atoms with Crippen LogP contribution >= 0.6 is 15.9 Å². The summed E-state index contributed by atoms with van der Waals surface area (Å²) < 4.78 is 0.810. The van der Waals surface area contributed by atoms with Crippen LogP contribution in [-0.2, 0) is 6.42 Å². The molecule has 0 atom stereocenters. The van der Waals surface area contributed by atoms with Gasteiger partial charge in [0.1, 0.15) is 5.82 Å². The topological polar surface area (TPSA) is 88.7 Å². The molecule has 3 N–H and O–H groups in total. The molecule has 4 rings (SSSR count). The number of nitrogens with one attached hydrogen (secondary N) is 3. The molecule has 35 heavy (non-hydrogen) atoms. The van der Waals surface area contributed by atoms with Gasteiger partial charge in [0, 0.05) is 69.9 Å². The van der Waals surface area contributed by atoms with Crippen LogP contribution in [0.3, 0.4) is 0 Å². The summed E-state index contributed by atoms with van der Waals surface area (Å²) in [6.07, 6.45) is 5.71. The number of carbonyl (C=O) groups is 1. The number of aryl methyl sites for hydroxylation is 1. The van der Waals surface area contributed by atoms with Crippen molar-refractivity contribution in [2.45, 2.75) is 32.6 Å². The van der Waals surface area contributed by atoms with Crippen molar-refractivity contribution in [2.75, 3.05) is 74.9 Å². The molecule has 1 aromatic heterocycles. The van der Waals surface area contributed by atoms with E-state index < -0.39 is 0 Å². The number of urea groups is 1. The van der Waals surface area contributed by atoms with Crippen LogP contribution in [0.1, 0.15) is 31.7 Å². The van der Waals surface area contributed by atoms with Crippen LogP contribution in [0.4, 0.5) is 27.9 Å². The fourth-order valence-corrected chi connectivity index (χ4v) is 4.78. The van der Waals surface area contributed by atoms with Gasteiger partial charge in [-0.15, -0.1) is 0 Å². The van der Waals surface area contributed by atoms with Crippen LogP contribution in [0.2, 0.25) is 0 Å². The smallest absolute Gasteiger partial charge is 0.317 e. The molecular weight excluding hydrogens is 508 g/mol. The van der Waals surface area contributed by atoms with Gasteiger partial charge in [-0.1, -0.05) is 6.92 Å². The predicted molar refractivity (Wildman–Crippen MR) is 146 cm³/mol. The minimum absolute atomic E-state index is 0.0440. The summed E-state index contributed by atoms with van der Waals surface area (Å²) in [4.78, 5) is 27.9. The van der Waals surface area contributed by atoms with Crippen molar-refractivity contribution in [3.63, 3.8) is 0 Å².